The molecule has 0 spiro atoms. The standard InChI is InChI=1S/C17H23N3O2/c1-4-9-21-17-16(20-10-12(2)22-13(3)11-20)18-14-7-5-6-8-15(14)19-17/h5-8,12-13H,4,9-11H2,1-3H3/t12-,13+. The maximum atomic E-state index is 5.86. The van der Waals surface area contributed by atoms with E-state index in [2.05, 4.69) is 30.7 Å². The summed E-state index contributed by atoms with van der Waals surface area (Å²) in [4.78, 5) is 11.7. The van der Waals surface area contributed by atoms with Gasteiger partial charge in [-0.15, -0.1) is 0 Å². The highest BCUT2D eigenvalue weighted by atomic mass is 16.5. The Bertz CT molecular complexity index is 637. The SMILES string of the molecule is CCCOc1nc2ccccc2nc1N1C[C@@H](C)O[C@@H](C)C1. The number of ether oxygens (including phenoxy) is 2. The zero-order valence-electron chi connectivity index (χ0n) is 13.5. The number of aromatic nitrogens is 2. The summed E-state index contributed by atoms with van der Waals surface area (Å²) in [7, 11) is 0. The van der Waals surface area contributed by atoms with E-state index in [0.29, 0.717) is 12.5 Å². The van der Waals surface area contributed by atoms with Gasteiger partial charge in [-0.25, -0.2) is 9.97 Å². The fourth-order valence-corrected chi connectivity index (χ4v) is 2.83. The summed E-state index contributed by atoms with van der Waals surface area (Å²) >= 11 is 0. The monoisotopic (exact) mass is 301 g/mol. The second-order valence-electron chi connectivity index (χ2n) is 5.85. The minimum absolute atomic E-state index is 0.177. The van der Waals surface area contributed by atoms with Crippen LogP contribution in [-0.4, -0.2) is 41.9 Å². The Kier molecular flexibility index (Phi) is 4.43. The van der Waals surface area contributed by atoms with Crippen LogP contribution in [0.2, 0.25) is 0 Å². The molecule has 118 valence electrons. The second kappa shape index (κ2) is 6.48. The molecule has 22 heavy (non-hydrogen) atoms. The number of benzene rings is 1. The first kappa shape index (κ1) is 15.0. The van der Waals surface area contributed by atoms with Gasteiger partial charge < -0.3 is 14.4 Å². The molecule has 0 radical (unpaired) electrons. The van der Waals surface area contributed by atoms with Crippen LogP contribution in [-0.2, 0) is 4.74 Å². The van der Waals surface area contributed by atoms with Gasteiger partial charge in [0, 0.05) is 13.1 Å². The third-order valence-corrected chi connectivity index (χ3v) is 3.68. The molecule has 2 heterocycles. The van der Waals surface area contributed by atoms with E-state index in [-0.39, 0.29) is 12.2 Å². The number of rotatable bonds is 4. The molecule has 5 heteroatoms. The molecule has 2 atom stereocenters. The van der Waals surface area contributed by atoms with Crippen molar-refractivity contribution < 1.29 is 9.47 Å². The van der Waals surface area contributed by atoms with E-state index in [1.54, 1.807) is 0 Å². The Morgan fingerprint density at radius 2 is 1.77 bits per heavy atom. The van der Waals surface area contributed by atoms with Crippen LogP contribution in [0.5, 0.6) is 5.88 Å². The molecule has 2 aromatic rings. The van der Waals surface area contributed by atoms with Crippen molar-refractivity contribution >= 4 is 16.9 Å². The predicted octanol–water partition coefficient (Wildman–Crippen LogP) is 3.03. The lowest BCUT2D eigenvalue weighted by Gasteiger charge is -2.36. The average molecular weight is 301 g/mol. The quantitative estimate of drug-likeness (QED) is 0.868. The molecule has 5 nitrogen and oxygen atoms in total. The lowest BCUT2D eigenvalue weighted by molar-refractivity contribution is -0.00561. The fraction of sp³-hybridized carbons (Fsp3) is 0.529. The van der Waals surface area contributed by atoms with Crippen LogP contribution < -0.4 is 9.64 Å². The molecule has 0 unspecified atom stereocenters. The summed E-state index contributed by atoms with van der Waals surface area (Å²) in [6.07, 6.45) is 1.30. The highest BCUT2D eigenvalue weighted by Crippen LogP contribution is 2.29. The number of hydrogen-bond donors (Lipinski definition) is 0. The zero-order valence-corrected chi connectivity index (χ0v) is 13.5. The van der Waals surface area contributed by atoms with E-state index < -0.39 is 0 Å². The van der Waals surface area contributed by atoms with E-state index in [9.17, 15) is 0 Å². The van der Waals surface area contributed by atoms with Gasteiger partial charge in [0.15, 0.2) is 5.82 Å². The van der Waals surface area contributed by atoms with Gasteiger partial charge in [0.25, 0.3) is 5.88 Å². The molecule has 0 N–H and O–H groups in total. The summed E-state index contributed by atoms with van der Waals surface area (Å²) in [5.41, 5.74) is 1.76. The smallest absolute Gasteiger partial charge is 0.258 e. The van der Waals surface area contributed by atoms with Gasteiger partial charge in [0.05, 0.1) is 29.8 Å². The molecule has 1 aliphatic rings. The minimum atomic E-state index is 0.177. The minimum Gasteiger partial charge on any atom is -0.475 e. The van der Waals surface area contributed by atoms with Crippen molar-refractivity contribution in [3.05, 3.63) is 24.3 Å². The van der Waals surface area contributed by atoms with Crippen molar-refractivity contribution in [2.24, 2.45) is 0 Å². The van der Waals surface area contributed by atoms with Crippen molar-refractivity contribution in [2.45, 2.75) is 39.4 Å². The predicted molar refractivity (Wildman–Crippen MR) is 87.5 cm³/mol. The van der Waals surface area contributed by atoms with Gasteiger partial charge >= 0.3 is 0 Å². The number of fused-ring (bicyclic) bond motifs is 1. The second-order valence-corrected chi connectivity index (χ2v) is 5.85. The topological polar surface area (TPSA) is 47.5 Å². The Labute approximate surface area is 131 Å². The average Bonchev–Trinajstić information content (AvgIpc) is 2.51. The Morgan fingerprint density at radius 1 is 1.14 bits per heavy atom. The van der Waals surface area contributed by atoms with Crippen LogP contribution in [0.25, 0.3) is 11.0 Å². The van der Waals surface area contributed by atoms with Gasteiger partial charge in [0.2, 0.25) is 0 Å². The molecular weight excluding hydrogens is 278 g/mol. The Morgan fingerprint density at radius 3 is 2.41 bits per heavy atom. The van der Waals surface area contributed by atoms with Crippen LogP contribution in [0, 0.1) is 0 Å². The van der Waals surface area contributed by atoms with Gasteiger partial charge in [-0.3, -0.25) is 0 Å². The molecule has 1 aromatic heterocycles. The number of anilines is 1. The summed E-state index contributed by atoms with van der Waals surface area (Å²) in [5.74, 6) is 1.45. The highest BCUT2D eigenvalue weighted by Gasteiger charge is 2.26. The van der Waals surface area contributed by atoms with Gasteiger partial charge in [-0.1, -0.05) is 19.1 Å². The molecule has 1 aromatic carbocycles. The van der Waals surface area contributed by atoms with Crippen LogP contribution in [0.4, 0.5) is 5.82 Å². The maximum Gasteiger partial charge on any atom is 0.258 e. The summed E-state index contributed by atoms with van der Waals surface area (Å²) in [6.45, 7) is 8.52. The molecule has 0 saturated carbocycles. The van der Waals surface area contributed by atoms with Crippen molar-refractivity contribution in [3.63, 3.8) is 0 Å². The first-order valence-corrected chi connectivity index (χ1v) is 7.97. The first-order valence-electron chi connectivity index (χ1n) is 7.97. The lowest BCUT2D eigenvalue weighted by atomic mass is 10.2. The molecule has 1 saturated heterocycles. The third-order valence-electron chi connectivity index (χ3n) is 3.68. The molecular formula is C17H23N3O2. The van der Waals surface area contributed by atoms with Crippen molar-refractivity contribution in [2.75, 3.05) is 24.6 Å². The summed E-state index contributed by atoms with van der Waals surface area (Å²) < 4.78 is 11.7. The van der Waals surface area contributed by atoms with Crippen molar-refractivity contribution in [1.82, 2.24) is 9.97 Å². The summed E-state index contributed by atoms with van der Waals surface area (Å²) in [6, 6.07) is 7.91. The molecule has 0 bridgehead atoms. The van der Waals surface area contributed by atoms with E-state index in [1.165, 1.54) is 0 Å². The molecule has 1 fully saturated rings. The van der Waals surface area contributed by atoms with Gasteiger partial charge in [-0.2, -0.15) is 0 Å². The molecule has 0 amide bonds. The number of nitrogens with zero attached hydrogens (tertiary/aromatic N) is 3. The van der Waals surface area contributed by atoms with Crippen LogP contribution in [0.15, 0.2) is 24.3 Å². The number of para-hydroxylation sites is 2. The van der Waals surface area contributed by atoms with Crippen molar-refractivity contribution in [3.8, 4) is 5.88 Å². The maximum absolute atomic E-state index is 5.86. The largest absolute Gasteiger partial charge is 0.475 e. The highest BCUT2D eigenvalue weighted by molar-refractivity contribution is 5.77. The van der Waals surface area contributed by atoms with Gasteiger partial charge in [-0.05, 0) is 32.4 Å². The van der Waals surface area contributed by atoms with Crippen LogP contribution in [0.1, 0.15) is 27.2 Å². The van der Waals surface area contributed by atoms with E-state index in [4.69, 9.17) is 14.5 Å². The number of hydrogen-bond acceptors (Lipinski definition) is 5. The number of morpholine rings is 1. The third kappa shape index (κ3) is 3.14. The van der Waals surface area contributed by atoms with E-state index in [0.717, 1.165) is 36.4 Å². The summed E-state index contributed by atoms with van der Waals surface area (Å²) in [5, 5.41) is 0. The van der Waals surface area contributed by atoms with Gasteiger partial charge in [0.1, 0.15) is 0 Å². The Hall–Kier alpha value is -1.88. The zero-order chi connectivity index (χ0) is 15.5. The van der Waals surface area contributed by atoms with E-state index in [1.807, 2.05) is 24.3 Å². The first-order chi connectivity index (χ1) is 10.7. The van der Waals surface area contributed by atoms with Crippen LogP contribution >= 0.6 is 0 Å². The molecule has 1 aliphatic heterocycles. The fourth-order valence-electron chi connectivity index (χ4n) is 2.83. The van der Waals surface area contributed by atoms with Crippen molar-refractivity contribution in [1.29, 1.82) is 0 Å². The van der Waals surface area contributed by atoms with E-state index >= 15 is 0 Å². The van der Waals surface area contributed by atoms with Crippen LogP contribution in [0.3, 0.4) is 0 Å². The molecule has 3 rings (SSSR count). The molecule has 0 aliphatic carbocycles. The Balaban J connectivity index is 2.01. The lowest BCUT2D eigenvalue weighted by Crippen LogP contribution is -2.46. The normalized spacial score (nSPS) is 22.0.